The van der Waals surface area contributed by atoms with Crippen LogP contribution in [-0.4, -0.2) is 33.5 Å². The molecule has 2 aromatic rings. The molecule has 2 heterocycles. The molecule has 1 saturated carbocycles. The maximum absolute atomic E-state index is 5.64. The van der Waals surface area contributed by atoms with Crippen LogP contribution in [0.3, 0.4) is 0 Å². The molecule has 1 fully saturated rings. The number of rotatable bonds is 4. The lowest BCUT2D eigenvalue weighted by atomic mass is 9.85. The first-order chi connectivity index (χ1) is 8.33. The van der Waals surface area contributed by atoms with Gasteiger partial charge in [0.25, 0.3) is 0 Å². The van der Waals surface area contributed by atoms with Gasteiger partial charge in [0.05, 0.1) is 0 Å². The van der Waals surface area contributed by atoms with Crippen LogP contribution in [-0.2, 0) is 4.74 Å². The van der Waals surface area contributed by atoms with Gasteiger partial charge in [-0.1, -0.05) is 17.8 Å². The van der Waals surface area contributed by atoms with E-state index >= 15 is 0 Å². The fourth-order valence-electron chi connectivity index (χ4n) is 2.00. The van der Waals surface area contributed by atoms with Gasteiger partial charge in [0.1, 0.15) is 11.1 Å². The summed E-state index contributed by atoms with van der Waals surface area (Å²) in [5.74, 6) is 1.51. The molecule has 1 aliphatic rings. The molecule has 1 atom stereocenters. The Hall–Kier alpha value is -1.05. The molecule has 2 N–H and O–H groups in total. The molecule has 0 aliphatic heterocycles. The first-order valence-electron chi connectivity index (χ1n) is 5.78. The van der Waals surface area contributed by atoms with Crippen LogP contribution < -0.4 is 5.73 Å². The van der Waals surface area contributed by atoms with E-state index in [0.717, 1.165) is 15.8 Å². The summed E-state index contributed by atoms with van der Waals surface area (Å²) in [6.45, 7) is 0.430. The Kier molecular flexibility index (Phi) is 2.81. The Labute approximate surface area is 103 Å². The van der Waals surface area contributed by atoms with Crippen LogP contribution in [0.5, 0.6) is 0 Å². The third kappa shape index (κ3) is 1.74. The van der Waals surface area contributed by atoms with Crippen LogP contribution in [0, 0.1) is 0 Å². The smallest absolute Gasteiger partial charge is 0.234 e. The maximum atomic E-state index is 5.64. The highest BCUT2D eigenvalue weighted by Gasteiger charge is 2.27. The van der Waals surface area contributed by atoms with E-state index in [4.69, 9.17) is 10.5 Å². The standard InChI is InChI=1S/C10H15N5OS/c1-16-7(5-11)9-14-15-8(6-3-2-4-6)12-13-10(15)17-9/h6-7H,2-5,11H2,1H3. The molecule has 0 radical (unpaired) electrons. The highest BCUT2D eigenvalue weighted by atomic mass is 32.1. The van der Waals surface area contributed by atoms with Crippen molar-refractivity contribution in [1.82, 2.24) is 19.8 Å². The Bertz CT molecular complexity index is 514. The first kappa shape index (κ1) is 11.1. The Balaban J connectivity index is 1.98. The summed E-state index contributed by atoms with van der Waals surface area (Å²) in [5.41, 5.74) is 5.64. The summed E-state index contributed by atoms with van der Waals surface area (Å²) in [4.78, 5) is 0.831. The van der Waals surface area contributed by atoms with Crippen LogP contribution in [0.1, 0.15) is 42.1 Å². The predicted octanol–water partition coefficient (Wildman–Crippen LogP) is 1.10. The molecule has 3 rings (SSSR count). The molecule has 92 valence electrons. The second-order valence-corrected chi connectivity index (χ2v) is 5.27. The topological polar surface area (TPSA) is 78.3 Å². The number of hydrogen-bond acceptors (Lipinski definition) is 6. The van der Waals surface area contributed by atoms with Gasteiger partial charge in [0.15, 0.2) is 5.82 Å². The van der Waals surface area contributed by atoms with E-state index in [9.17, 15) is 0 Å². The van der Waals surface area contributed by atoms with Crippen LogP contribution in [0.4, 0.5) is 0 Å². The van der Waals surface area contributed by atoms with Gasteiger partial charge < -0.3 is 10.5 Å². The van der Waals surface area contributed by atoms with Gasteiger partial charge in [0.2, 0.25) is 4.96 Å². The highest BCUT2D eigenvalue weighted by Crippen LogP contribution is 2.36. The van der Waals surface area contributed by atoms with E-state index in [0.29, 0.717) is 12.5 Å². The van der Waals surface area contributed by atoms with Crippen molar-refractivity contribution in [2.45, 2.75) is 31.3 Å². The minimum absolute atomic E-state index is 0.143. The molecule has 6 nitrogen and oxygen atoms in total. The summed E-state index contributed by atoms with van der Waals surface area (Å²) >= 11 is 1.50. The average molecular weight is 253 g/mol. The monoisotopic (exact) mass is 253 g/mol. The maximum Gasteiger partial charge on any atom is 0.234 e. The SMILES string of the molecule is COC(CN)c1nn2c(C3CCC3)nnc2s1. The van der Waals surface area contributed by atoms with Crippen LogP contribution in [0.15, 0.2) is 0 Å². The number of nitrogens with zero attached hydrogens (tertiary/aromatic N) is 4. The first-order valence-corrected chi connectivity index (χ1v) is 6.60. The summed E-state index contributed by atoms with van der Waals surface area (Å²) < 4.78 is 7.14. The Morgan fingerprint density at radius 3 is 2.94 bits per heavy atom. The zero-order valence-electron chi connectivity index (χ0n) is 9.67. The van der Waals surface area contributed by atoms with Crippen molar-refractivity contribution in [3.05, 3.63) is 10.8 Å². The van der Waals surface area contributed by atoms with E-state index in [1.165, 1.54) is 30.6 Å². The molecular formula is C10H15N5OS. The lowest BCUT2D eigenvalue weighted by molar-refractivity contribution is 0.109. The van der Waals surface area contributed by atoms with Crippen molar-refractivity contribution in [3.63, 3.8) is 0 Å². The van der Waals surface area contributed by atoms with Gasteiger partial charge in [-0.15, -0.1) is 10.2 Å². The van der Waals surface area contributed by atoms with Gasteiger partial charge in [-0.25, -0.2) is 0 Å². The lowest BCUT2D eigenvalue weighted by Gasteiger charge is -2.22. The van der Waals surface area contributed by atoms with Crippen molar-refractivity contribution < 1.29 is 4.74 Å². The normalized spacial score (nSPS) is 18.5. The summed E-state index contributed by atoms with van der Waals surface area (Å²) in [6.07, 6.45) is 3.52. The molecule has 1 unspecified atom stereocenters. The molecular weight excluding hydrogens is 238 g/mol. The number of hydrogen-bond donors (Lipinski definition) is 1. The number of nitrogens with two attached hydrogens (primary N) is 1. The molecule has 0 spiro atoms. The van der Waals surface area contributed by atoms with E-state index in [2.05, 4.69) is 15.3 Å². The summed E-state index contributed by atoms with van der Waals surface area (Å²) in [5, 5.41) is 13.8. The lowest BCUT2D eigenvalue weighted by Crippen LogP contribution is -2.16. The molecule has 0 bridgehead atoms. The van der Waals surface area contributed by atoms with Crippen molar-refractivity contribution in [2.75, 3.05) is 13.7 Å². The molecule has 2 aromatic heterocycles. The van der Waals surface area contributed by atoms with Gasteiger partial charge in [-0.3, -0.25) is 0 Å². The summed E-state index contributed by atoms with van der Waals surface area (Å²) in [7, 11) is 1.65. The zero-order valence-corrected chi connectivity index (χ0v) is 10.5. The number of methoxy groups -OCH3 is 1. The molecule has 0 amide bonds. The van der Waals surface area contributed by atoms with Crippen LogP contribution in [0.2, 0.25) is 0 Å². The Morgan fingerprint density at radius 1 is 1.53 bits per heavy atom. The average Bonchev–Trinajstić information content (AvgIpc) is 2.80. The van der Waals surface area contributed by atoms with Crippen LogP contribution in [0.25, 0.3) is 4.96 Å². The fraction of sp³-hybridized carbons (Fsp3) is 0.700. The van der Waals surface area contributed by atoms with Crippen molar-refractivity contribution in [2.24, 2.45) is 5.73 Å². The molecule has 17 heavy (non-hydrogen) atoms. The van der Waals surface area contributed by atoms with Gasteiger partial charge in [0, 0.05) is 19.6 Å². The third-order valence-corrected chi connectivity index (χ3v) is 4.27. The molecule has 7 heteroatoms. The number of fused-ring (bicyclic) bond motifs is 1. The van der Waals surface area contributed by atoms with Crippen molar-refractivity contribution >= 4 is 16.3 Å². The zero-order chi connectivity index (χ0) is 11.8. The van der Waals surface area contributed by atoms with E-state index < -0.39 is 0 Å². The van der Waals surface area contributed by atoms with Gasteiger partial charge >= 0.3 is 0 Å². The third-order valence-electron chi connectivity index (χ3n) is 3.27. The fourth-order valence-corrected chi connectivity index (χ4v) is 2.93. The van der Waals surface area contributed by atoms with Crippen LogP contribution >= 0.6 is 11.3 Å². The second kappa shape index (κ2) is 4.32. The number of aromatic nitrogens is 4. The largest absolute Gasteiger partial charge is 0.373 e. The van der Waals surface area contributed by atoms with E-state index in [1.807, 2.05) is 4.52 Å². The van der Waals surface area contributed by atoms with E-state index in [-0.39, 0.29) is 6.10 Å². The number of ether oxygens (including phenoxy) is 1. The highest BCUT2D eigenvalue weighted by molar-refractivity contribution is 7.16. The second-order valence-electron chi connectivity index (χ2n) is 4.28. The minimum Gasteiger partial charge on any atom is -0.373 e. The minimum atomic E-state index is -0.143. The van der Waals surface area contributed by atoms with Crippen molar-refractivity contribution in [3.8, 4) is 0 Å². The van der Waals surface area contributed by atoms with E-state index in [1.54, 1.807) is 7.11 Å². The Morgan fingerprint density at radius 2 is 2.35 bits per heavy atom. The molecule has 0 saturated heterocycles. The summed E-state index contributed by atoms with van der Waals surface area (Å²) in [6, 6.07) is 0. The van der Waals surface area contributed by atoms with Gasteiger partial charge in [-0.2, -0.15) is 9.61 Å². The quantitative estimate of drug-likeness (QED) is 0.882. The van der Waals surface area contributed by atoms with Crippen molar-refractivity contribution in [1.29, 1.82) is 0 Å². The van der Waals surface area contributed by atoms with Gasteiger partial charge in [-0.05, 0) is 12.8 Å². The predicted molar refractivity (Wildman–Crippen MR) is 64.1 cm³/mol. The molecule has 1 aliphatic carbocycles. The molecule has 0 aromatic carbocycles.